The predicted octanol–water partition coefficient (Wildman–Crippen LogP) is 3.85. The van der Waals surface area contributed by atoms with Crippen molar-refractivity contribution in [2.24, 2.45) is 11.8 Å². The van der Waals surface area contributed by atoms with Crippen LogP contribution >= 0.6 is 0 Å². The number of hydrogen-bond acceptors (Lipinski definition) is 6. The molecule has 1 heterocycles. The zero-order valence-corrected chi connectivity index (χ0v) is 21.0. The number of hydrogen-bond donors (Lipinski definition) is 1. The van der Waals surface area contributed by atoms with Crippen LogP contribution in [0.5, 0.6) is 5.75 Å². The Kier molecular flexibility index (Phi) is 7.99. The number of rotatable bonds is 7. The summed E-state index contributed by atoms with van der Waals surface area (Å²) in [5.41, 5.74) is 1.46. The van der Waals surface area contributed by atoms with Gasteiger partial charge in [-0.1, -0.05) is 26.0 Å². The van der Waals surface area contributed by atoms with Crippen LogP contribution in [-0.4, -0.2) is 50.9 Å². The second kappa shape index (κ2) is 10.6. The minimum atomic E-state index is -3.75. The normalized spacial score (nSPS) is 19.8. The standard InChI is InChI=1S/C25H32N2O6S/c1-16-9-10-23(32-5)22(12-16)26-24(28)19(4)33-25(29)20-7-6-8-21(13-20)34(30,31)27-14-17(2)11-18(3)15-27/h6-10,12-13,17-19H,11,14-15H2,1-5H3,(H,26,28). The summed E-state index contributed by atoms with van der Waals surface area (Å²) in [6.07, 6.45) is -0.131. The topological polar surface area (TPSA) is 102 Å². The molecule has 3 unspecified atom stereocenters. The average molecular weight is 489 g/mol. The van der Waals surface area contributed by atoms with Crippen molar-refractivity contribution in [2.75, 3.05) is 25.5 Å². The second-order valence-electron chi connectivity index (χ2n) is 9.04. The molecule has 1 aliphatic rings. The SMILES string of the molecule is COc1ccc(C)cc1NC(=O)C(C)OC(=O)c1cccc(S(=O)(=O)N2CC(C)CC(C)C2)c1. The van der Waals surface area contributed by atoms with Crippen molar-refractivity contribution in [3.8, 4) is 5.75 Å². The molecule has 3 rings (SSSR count). The van der Waals surface area contributed by atoms with Gasteiger partial charge >= 0.3 is 5.97 Å². The molecule has 184 valence electrons. The quantitative estimate of drug-likeness (QED) is 0.594. The van der Waals surface area contributed by atoms with E-state index >= 15 is 0 Å². The number of carbonyl (C=O) groups is 2. The first-order valence-electron chi connectivity index (χ1n) is 11.3. The van der Waals surface area contributed by atoms with E-state index in [9.17, 15) is 18.0 Å². The van der Waals surface area contributed by atoms with E-state index in [1.807, 2.05) is 26.8 Å². The van der Waals surface area contributed by atoms with E-state index in [-0.39, 0.29) is 22.3 Å². The lowest BCUT2D eigenvalue weighted by Crippen LogP contribution is -2.42. The number of ether oxygens (including phenoxy) is 2. The lowest BCUT2D eigenvalue weighted by Gasteiger charge is -2.34. The van der Waals surface area contributed by atoms with E-state index in [1.54, 1.807) is 12.1 Å². The summed E-state index contributed by atoms with van der Waals surface area (Å²) in [4.78, 5) is 25.4. The van der Waals surface area contributed by atoms with E-state index in [0.29, 0.717) is 24.5 Å². The van der Waals surface area contributed by atoms with Gasteiger partial charge in [-0.15, -0.1) is 0 Å². The Balaban J connectivity index is 1.71. The van der Waals surface area contributed by atoms with Crippen molar-refractivity contribution in [1.82, 2.24) is 4.31 Å². The van der Waals surface area contributed by atoms with Gasteiger partial charge in [0.15, 0.2) is 6.10 Å². The molecule has 1 fully saturated rings. The number of nitrogens with one attached hydrogen (secondary N) is 1. The fraction of sp³-hybridized carbons (Fsp3) is 0.440. The Bertz CT molecular complexity index is 1150. The molecule has 1 aliphatic heterocycles. The number of esters is 1. The van der Waals surface area contributed by atoms with Crippen LogP contribution in [0.4, 0.5) is 5.69 Å². The van der Waals surface area contributed by atoms with Gasteiger partial charge in [0, 0.05) is 13.1 Å². The Morgan fingerprint density at radius 3 is 2.41 bits per heavy atom. The molecule has 0 aromatic heterocycles. The van der Waals surface area contributed by atoms with Crippen molar-refractivity contribution >= 4 is 27.6 Å². The van der Waals surface area contributed by atoms with Gasteiger partial charge in [-0.25, -0.2) is 13.2 Å². The fourth-order valence-electron chi connectivity index (χ4n) is 4.17. The molecule has 2 aromatic rings. The first-order chi connectivity index (χ1) is 16.0. The van der Waals surface area contributed by atoms with Crippen LogP contribution in [0.25, 0.3) is 0 Å². The van der Waals surface area contributed by atoms with Gasteiger partial charge in [-0.3, -0.25) is 4.79 Å². The van der Waals surface area contributed by atoms with Crippen molar-refractivity contribution < 1.29 is 27.5 Å². The molecule has 1 N–H and O–H groups in total. The zero-order valence-electron chi connectivity index (χ0n) is 20.2. The van der Waals surface area contributed by atoms with E-state index < -0.39 is 28.0 Å². The van der Waals surface area contributed by atoms with E-state index in [4.69, 9.17) is 9.47 Å². The number of carbonyl (C=O) groups excluding carboxylic acids is 2. The maximum absolute atomic E-state index is 13.2. The number of aryl methyl sites for hydroxylation is 1. The third-order valence-electron chi connectivity index (χ3n) is 5.81. The van der Waals surface area contributed by atoms with Crippen LogP contribution in [0.3, 0.4) is 0 Å². The zero-order chi connectivity index (χ0) is 25.0. The second-order valence-corrected chi connectivity index (χ2v) is 11.0. The smallest absolute Gasteiger partial charge is 0.338 e. The molecule has 3 atom stereocenters. The number of sulfonamides is 1. The largest absolute Gasteiger partial charge is 0.495 e. The summed E-state index contributed by atoms with van der Waals surface area (Å²) in [6.45, 7) is 8.29. The lowest BCUT2D eigenvalue weighted by atomic mass is 9.94. The van der Waals surface area contributed by atoms with Crippen molar-refractivity contribution in [3.63, 3.8) is 0 Å². The lowest BCUT2D eigenvalue weighted by molar-refractivity contribution is -0.123. The third-order valence-corrected chi connectivity index (χ3v) is 7.64. The van der Waals surface area contributed by atoms with Gasteiger partial charge in [0.05, 0.1) is 23.3 Å². The number of nitrogens with zero attached hydrogens (tertiary/aromatic N) is 1. The molecule has 0 saturated carbocycles. The molecule has 0 aliphatic carbocycles. The highest BCUT2D eigenvalue weighted by molar-refractivity contribution is 7.89. The van der Waals surface area contributed by atoms with Gasteiger partial charge in [0.25, 0.3) is 5.91 Å². The van der Waals surface area contributed by atoms with Crippen LogP contribution in [0.1, 0.15) is 43.1 Å². The summed E-state index contributed by atoms with van der Waals surface area (Å²) < 4.78 is 38.4. The van der Waals surface area contributed by atoms with Gasteiger partial charge in [0.1, 0.15) is 5.75 Å². The molecule has 1 saturated heterocycles. The molecular weight excluding hydrogens is 456 g/mol. The first kappa shape index (κ1) is 25.7. The minimum Gasteiger partial charge on any atom is -0.495 e. The summed E-state index contributed by atoms with van der Waals surface area (Å²) in [5, 5.41) is 2.70. The maximum atomic E-state index is 13.2. The Morgan fingerprint density at radius 1 is 1.09 bits per heavy atom. The number of piperidine rings is 1. The molecule has 0 radical (unpaired) electrons. The number of benzene rings is 2. The molecule has 34 heavy (non-hydrogen) atoms. The van der Waals surface area contributed by atoms with Gasteiger partial charge in [-0.2, -0.15) is 4.31 Å². The minimum absolute atomic E-state index is 0.0323. The third kappa shape index (κ3) is 5.95. The average Bonchev–Trinajstić information content (AvgIpc) is 2.78. The van der Waals surface area contributed by atoms with Gasteiger partial charge < -0.3 is 14.8 Å². The van der Waals surface area contributed by atoms with E-state index in [1.165, 1.54) is 42.6 Å². The molecule has 0 spiro atoms. The first-order valence-corrected chi connectivity index (χ1v) is 12.7. The highest BCUT2D eigenvalue weighted by Crippen LogP contribution is 2.28. The van der Waals surface area contributed by atoms with Crippen LogP contribution in [0.2, 0.25) is 0 Å². The highest BCUT2D eigenvalue weighted by Gasteiger charge is 2.32. The molecular formula is C25H32N2O6S. The van der Waals surface area contributed by atoms with Crippen LogP contribution in [0, 0.1) is 18.8 Å². The summed E-state index contributed by atoms with van der Waals surface area (Å²) in [7, 11) is -2.25. The van der Waals surface area contributed by atoms with Crippen molar-refractivity contribution in [1.29, 1.82) is 0 Å². The molecule has 1 amide bonds. The summed E-state index contributed by atoms with van der Waals surface area (Å²) in [6, 6.07) is 11.1. The van der Waals surface area contributed by atoms with Crippen LogP contribution in [-0.2, 0) is 19.6 Å². The highest BCUT2D eigenvalue weighted by atomic mass is 32.2. The van der Waals surface area contributed by atoms with E-state index in [2.05, 4.69) is 5.32 Å². The van der Waals surface area contributed by atoms with E-state index in [0.717, 1.165) is 12.0 Å². The Hall–Kier alpha value is -2.91. The van der Waals surface area contributed by atoms with Crippen LogP contribution in [0.15, 0.2) is 47.4 Å². The van der Waals surface area contributed by atoms with Gasteiger partial charge in [0.2, 0.25) is 10.0 Å². The maximum Gasteiger partial charge on any atom is 0.338 e. The number of anilines is 1. The molecule has 0 bridgehead atoms. The molecule has 9 heteroatoms. The summed E-state index contributed by atoms with van der Waals surface area (Å²) >= 11 is 0. The Labute approximate surface area is 201 Å². The Morgan fingerprint density at radius 2 is 1.76 bits per heavy atom. The number of amides is 1. The van der Waals surface area contributed by atoms with Crippen molar-refractivity contribution in [2.45, 2.75) is 45.1 Å². The molecule has 2 aromatic carbocycles. The van der Waals surface area contributed by atoms with Gasteiger partial charge in [-0.05, 0) is 68.0 Å². The number of methoxy groups -OCH3 is 1. The monoisotopic (exact) mass is 488 g/mol. The molecule has 8 nitrogen and oxygen atoms in total. The van der Waals surface area contributed by atoms with Crippen LogP contribution < -0.4 is 10.1 Å². The summed E-state index contributed by atoms with van der Waals surface area (Å²) in [5.74, 6) is -0.304. The predicted molar refractivity (Wildman–Crippen MR) is 129 cm³/mol. The fourth-order valence-corrected chi connectivity index (χ4v) is 5.90. The van der Waals surface area contributed by atoms with Crippen molar-refractivity contribution in [3.05, 3.63) is 53.6 Å².